The Morgan fingerprint density at radius 1 is 0.662 bits per heavy atom. The smallest absolute Gasteiger partial charge is 0.409 e. The number of nitrogens with one attached hydrogen (secondary N) is 1. The summed E-state index contributed by atoms with van der Waals surface area (Å²) in [5, 5.41) is 12.9. The molecule has 0 unspecified atom stereocenters. The molecule has 2 fully saturated rings. The molecule has 0 spiro atoms. The van der Waals surface area contributed by atoms with Gasteiger partial charge in [0.1, 0.15) is 23.0 Å². The number of aryl methyl sites for hydroxylation is 4. The van der Waals surface area contributed by atoms with Crippen LogP contribution in [-0.4, -0.2) is 91.1 Å². The zero-order valence-electron chi connectivity index (χ0n) is 39.4. The summed E-state index contributed by atoms with van der Waals surface area (Å²) >= 11 is 0. The number of carboxylic acid groups (broad SMARTS) is 1. The average Bonchev–Trinajstić information content (AvgIpc) is 4.18. The van der Waals surface area contributed by atoms with Gasteiger partial charge in [-0.1, -0.05) is 60.7 Å². The van der Waals surface area contributed by atoms with Gasteiger partial charge in [0.2, 0.25) is 11.8 Å². The van der Waals surface area contributed by atoms with Crippen molar-refractivity contribution in [3.63, 3.8) is 0 Å². The Hall–Kier alpha value is -6.93. The highest BCUT2D eigenvalue weighted by atomic mass is 16.6. The Morgan fingerprint density at radius 3 is 1.63 bits per heavy atom. The topological polar surface area (TPSA) is 176 Å². The number of rotatable bonds is 19. The predicted octanol–water partition coefficient (Wildman–Crippen LogP) is 9.21. The molecule has 6 aromatic rings. The lowest BCUT2D eigenvalue weighted by atomic mass is 9.90. The third-order valence-corrected chi connectivity index (χ3v) is 12.6. The van der Waals surface area contributed by atoms with Crippen LogP contribution < -0.4 is 14.8 Å². The second-order valence-corrected chi connectivity index (χ2v) is 17.2. The van der Waals surface area contributed by atoms with Crippen LogP contribution in [0.25, 0.3) is 22.9 Å². The van der Waals surface area contributed by atoms with Gasteiger partial charge in [0.25, 0.3) is 0 Å². The number of carbonyl (C=O) groups is 3. The lowest BCUT2D eigenvalue weighted by Gasteiger charge is -2.16. The maximum absolute atomic E-state index is 12.0. The van der Waals surface area contributed by atoms with E-state index in [2.05, 4.69) is 27.4 Å². The van der Waals surface area contributed by atoms with Crippen LogP contribution in [0.3, 0.4) is 0 Å². The van der Waals surface area contributed by atoms with Crippen LogP contribution >= 0.6 is 0 Å². The molecule has 14 nitrogen and oxygen atoms in total. The van der Waals surface area contributed by atoms with Crippen molar-refractivity contribution in [1.29, 1.82) is 0 Å². The number of carboxylic acids is 1. The molecule has 14 heteroatoms. The van der Waals surface area contributed by atoms with Gasteiger partial charge in [-0.2, -0.15) is 0 Å². The predicted molar refractivity (Wildman–Crippen MR) is 256 cm³/mol. The Morgan fingerprint density at radius 2 is 1.16 bits per heavy atom. The fourth-order valence-electron chi connectivity index (χ4n) is 8.74. The van der Waals surface area contributed by atoms with E-state index in [-0.39, 0.29) is 31.0 Å². The van der Waals surface area contributed by atoms with E-state index in [0.717, 1.165) is 76.9 Å². The Balaban J connectivity index is 0.000000203. The normalized spacial score (nSPS) is 17.6. The largest absolute Gasteiger partial charge is 0.493 e. The quantitative estimate of drug-likeness (QED) is 0.0736. The van der Waals surface area contributed by atoms with Gasteiger partial charge in [-0.3, -0.25) is 9.59 Å². The first-order chi connectivity index (χ1) is 33.1. The third-order valence-electron chi connectivity index (χ3n) is 12.6. The van der Waals surface area contributed by atoms with Crippen molar-refractivity contribution in [3.05, 3.63) is 143 Å². The number of amides is 1. The molecule has 358 valence electrons. The Bertz CT molecular complexity index is 2520. The summed E-state index contributed by atoms with van der Waals surface area (Å²) in [4.78, 5) is 46.3. The number of likely N-dealkylation sites (tertiary alicyclic amines) is 1. The molecule has 1 amide bonds. The maximum atomic E-state index is 12.0. The molecule has 4 aromatic carbocycles. The third kappa shape index (κ3) is 13.4. The number of aliphatic carboxylic acids is 1. The molecule has 2 saturated heterocycles. The number of hydrogen-bond acceptors (Lipinski definition) is 12. The molecular weight excluding hydrogens is 865 g/mol. The van der Waals surface area contributed by atoms with Crippen LogP contribution in [0.15, 0.2) is 118 Å². The molecular formula is C54H62N4O10. The summed E-state index contributed by atoms with van der Waals surface area (Å²) < 4.78 is 33.4. The molecule has 68 heavy (non-hydrogen) atoms. The van der Waals surface area contributed by atoms with Crippen molar-refractivity contribution in [2.45, 2.75) is 59.3 Å². The molecule has 0 radical (unpaired) electrons. The minimum atomic E-state index is -0.867. The van der Waals surface area contributed by atoms with E-state index < -0.39 is 18.0 Å². The van der Waals surface area contributed by atoms with E-state index in [0.29, 0.717) is 63.3 Å². The maximum Gasteiger partial charge on any atom is 0.409 e. The van der Waals surface area contributed by atoms with E-state index >= 15 is 0 Å². The summed E-state index contributed by atoms with van der Waals surface area (Å²) in [7, 11) is 1.46. The Labute approximate surface area is 398 Å². The van der Waals surface area contributed by atoms with E-state index in [9.17, 15) is 19.5 Å². The van der Waals surface area contributed by atoms with Crippen molar-refractivity contribution >= 4 is 18.0 Å². The van der Waals surface area contributed by atoms with Crippen LogP contribution in [0, 0.1) is 37.5 Å². The van der Waals surface area contributed by atoms with Crippen molar-refractivity contribution < 1.29 is 47.3 Å². The van der Waals surface area contributed by atoms with Crippen molar-refractivity contribution in [2.75, 3.05) is 53.1 Å². The van der Waals surface area contributed by atoms with Gasteiger partial charge in [-0.25, -0.2) is 14.8 Å². The number of benzene rings is 4. The number of esters is 1. The van der Waals surface area contributed by atoms with Gasteiger partial charge in [-0.15, -0.1) is 0 Å². The van der Waals surface area contributed by atoms with Gasteiger partial charge in [0, 0.05) is 43.6 Å². The molecule has 0 aliphatic carbocycles. The minimum Gasteiger partial charge on any atom is -0.493 e. The van der Waals surface area contributed by atoms with Crippen molar-refractivity contribution in [1.82, 2.24) is 20.2 Å². The van der Waals surface area contributed by atoms with Gasteiger partial charge in [0.15, 0.2) is 0 Å². The number of methoxy groups -OCH3 is 1. The zero-order valence-corrected chi connectivity index (χ0v) is 39.4. The highest BCUT2D eigenvalue weighted by molar-refractivity contribution is 5.75. The van der Waals surface area contributed by atoms with Crippen molar-refractivity contribution in [2.24, 2.45) is 23.7 Å². The second-order valence-electron chi connectivity index (χ2n) is 17.2. The van der Waals surface area contributed by atoms with Gasteiger partial charge in [0.05, 0.1) is 50.2 Å². The average molecular weight is 927 g/mol. The summed E-state index contributed by atoms with van der Waals surface area (Å²) in [5.41, 5.74) is 6.07. The van der Waals surface area contributed by atoms with Gasteiger partial charge >= 0.3 is 18.0 Å². The molecule has 2 aliphatic rings. The van der Waals surface area contributed by atoms with Crippen LogP contribution in [0.1, 0.15) is 53.8 Å². The van der Waals surface area contributed by atoms with E-state index in [1.807, 2.05) is 111 Å². The number of carbonyl (C=O) groups excluding carboxylic acids is 2. The van der Waals surface area contributed by atoms with Gasteiger partial charge in [-0.05, 0) is 124 Å². The number of nitrogens with zero attached hydrogens (tertiary/aromatic N) is 3. The fraction of sp³-hybridized carbons (Fsp3) is 0.389. The number of hydrogen-bond donors (Lipinski definition) is 2. The van der Waals surface area contributed by atoms with Crippen LogP contribution in [0.5, 0.6) is 11.5 Å². The highest BCUT2D eigenvalue weighted by Crippen LogP contribution is 2.30. The summed E-state index contributed by atoms with van der Waals surface area (Å²) in [5.74, 6) is 3.13. The molecule has 8 rings (SSSR count). The Kier molecular flexibility index (Phi) is 17.4. The number of ether oxygens (including phenoxy) is 4. The summed E-state index contributed by atoms with van der Waals surface area (Å²) in [6.45, 7) is 9.07. The molecule has 4 atom stereocenters. The summed E-state index contributed by atoms with van der Waals surface area (Å²) in [6.07, 6.45) is 4.19. The SMILES string of the molecule is CCOC(=O)N1C[C@@H](CCc2ccc(OCCc3nc(-c4ccccc4)oc3C)cc2)[C@@H](C(=O)O)C1.COC(=O)[C@H]1CNC[C@H]1CCc1ccc(OCCc2nc(-c3ccccc3)oc2C)cc1. The van der Waals surface area contributed by atoms with E-state index in [4.69, 9.17) is 27.8 Å². The molecule has 2 aliphatic heterocycles. The first-order valence-electron chi connectivity index (χ1n) is 23.5. The van der Waals surface area contributed by atoms with Crippen LogP contribution in [0.2, 0.25) is 0 Å². The first kappa shape index (κ1) is 49.0. The molecule has 0 saturated carbocycles. The van der Waals surface area contributed by atoms with Gasteiger partial charge < -0.3 is 43.1 Å². The lowest BCUT2D eigenvalue weighted by Crippen LogP contribution is -2.30. The standard InChI is InChI=1S/C28H32N2O6.C26H30N2O4/c1-3-34-28(33)30-17-22(24(18-30)27(31)32)12-9-20-10-13-23(14-11-20)35-16-15-25-19(2)36-26(29-25)21-7-5-4-6-8-21;1-18-24(28-25(32-18)20-6-4-3-5-7-20)14-15-31-22-12-9-19(10-13-22)8-11-21-16-27-17-23(21)26(29)30-2/h4-8,10-11,13-14,22,24H,3,9,12,15-18H2,1-2H3,(H,31,32);3-7,9-10,12-13,21,23,27H,8,11,14-17H2,1-2H3/t22-,24+;21-,23+/m11/s1. The van der Waals surface area contributed by atoms with E-state index in [1.165, 1.54) is 17.6 Å². The number of aromatic nitrogens is 2. The lowest BCUT2D eigenvalue weighted by molar-refractivity contribution is -0.146. The number of oxazole rings is 2. The van der Waals surface area contributed by atoms with Crippen LogP contribution in [0.4, 0.5) is 4.79 Å². The molecule has 2 N–H and O–H groups in total. The monoisotopic (exact) mass is 926 g/mol. The molecule has 2 aromatic heterocycles. The highest BCUT2D eigenvalue weighted by Gasteiger charge is 2.40. The van der Waals surface area contributed by atoms with E-state index in [1.54, 1.807) is 6.92 Å². The molecule has 0 bridgehead atoms. The zero-order chi connectivity index (χ0) is 47.8. The molecule has 4 heterocycles. The fourth-order valence-corrected chi connectivity index (χ4v) is 8.74. The van der Waals surface area contributed by atoms with Crippen LogP contribution in [-0.2, 0) is 44.7 Å². The van der Waals surface area contributed by atoms with Crippen molar-refractivity contribution in [3.8, 4) is 34.4 Å². The minimum absolute atomic E-state index is 0.0370. The second kappa shape index (κ2) is 24.2. The first-order valence-corrected chi connectivity index (χ1v) is 23.5. The summed E-state index contributed by atoms with van der Waals surface area (Å²) in [6, 6.07) is 35.8.